The Morgan fingerprint density at radius 1 is 1.08 bits per heavy atom. The molecule has 1 aromatic carbocycles. The largest absolute Gasteiger partial charge is 0.394 e. The molecule has 0 amide bonds. The number of aliphatic hydroxyl groups is 4. The minimum Gasteiger partial charge on any atom is -0.394 e. The second kappa shape index (κ2) is 12.4. The van der Waals surface area contributed by atoms with E-state index >= 15 is 4.39 Å². The molecule has 260 valence electrons. The van der Waals surface area contributed by atoms with Crippen LogP contribution >= 0.6 is 22.9 Å². The fourth-order valence-electron chi connectivity index (χ4n) is 11.3. The van der Waals surface area contributed by atoms with E-state index < -0.39 is 39.9 Å². The molecule has 48 heavy (non-hydrogen) atoms. The van der Waals surface area contributed by atoms with Crippen LogP contribution in [0.3, 0.4) is 0 Å². The molecule has 0 saturated heterocycles. The van der Waals surface area contributed by atoms with Gasteiger partial charge in [-0.25, -0.2) is 4.39 Å². The van der Waals surface area contributed by atoms with Crippen LogP contribution in [0.1, 0.15) is 69.2 Å². The molecule has 1 heterocycles. The molecular weight excluding hydrogens is 649 g/mol. The van der Waals surface area contributed by atoms with Gasteiger partial charge in [0.2, 0.25) is 0 Å². The number of Topliss-reactive ketones (excluding diaryl/α,β-unsaturated/α-hetero) is 1. The summed E-state index contributed by atoms with van der Waals surface area (Å²) in [6.45, 7) is 5.46. The molecule has 1 aromatic heterocycles. The predicted octanol–water partition coefficient (Wildman–Crippen LogP) is 6.14. The number of nitrogens with zero attached hydrogens (tertiary/aromatic N) is 1. The van der Waals surface area contributed by atoms with Crippen molar-refractivity contribution in [3.05, 3.63) is 80.8 Å². The summed E-state index contributed by atoms with van der Waals surface area (Å²) in [5.41, 5.74) is -2.00. The number of rotatable bonds is 11. The van der Waals surface area contributed by atoms with E-state index in [1.165, 1.54) is 10.9 Å². The van der Waals surface area contributed by atoms with Crippen LogP contribution in [-0.2, 0) is 17.6 Å². The SMILES string of the molecule is CC12CCC(O)CC13C=CC1(C(C(=O)Cc4c(F)cccc4Cl)=C3)C2CCC2(C)C1CCC2(O)CN(CCc1cccs1)CC(O)CO. The van der Waals surface area contributed by atoms with Gasteiger partial charge in [-0.1, -0.05) is 55.8 Å². The van der Waals surface area contributed by atoms with E-state index in [0.29, 0.717) is 31.5 Å². The zero-order chi connectivity index (χ0) is 34.1. The van der Waals surface area contributed by atoms with Crippen LogP contribution in [0.25, 0.3) is 0 Å². The second-order valence-electron chi connectivity index (χ2n) is 16.0. The van der Waals surface area contributed by atoms with Crippen LogP contribution in [0.4, 0.5) is 4.39 Å². The van der Waals surface area contributed by atoms with E-state index in [4.69, 9.17) is 11.6 Å². The molecule has 2 bridgehead atoms. The molecule has 0 aliphatic heterocycles. The Labute approximate surface area is 292 Å². The first-order chi connectivity index (χ1) is 22.8. The van der Waals surface area contributed by atoms with Crippen LogP contribution in [0.5, 0.6) is 0 Å². The molecule has 3 fully saturated rings. The number of benzene rings is 1. The summed E-state index contributed by atoms with van der Waals surface area (Å²) in [5, 5.41) is 46.3. The van der Waals surface area contributed by atoms with Crippen LogP contribution in [0.2, 0.25) is 5.02 Å². The van der Waals surface area contributed by atoms with Gasteiger partial charge in [-0.05, 0) is 92.2 Å². The van der Waals surface area contributed by atoms with Crippen molar-refractivity contribution in [3.8, 4) is 0 Å². The van der Waals surface area contributed by atoms with Gasteiger partial charge < -0.3 is 20.4 Å². The molecule has 2 spiro atoms. The van der Waals surface area contributed by atoms with Gasteiger partial charge in [-0.15, -0.1) is 11.3 Å². The summed E-state index contributed by atoms with van der Waals surface area (Å²) in [5.74, 6) is -0.537. The highest BCUT2D eigenvalue weighted by Gasteiger charge is 2.74. The molecule has 3 saturated carbocycles. The first-order valence-electron chi connectivity index (χ1n) is 17.6. The number of fused-ring (bicyclic) bond motifs is 1. The molecule has 6 aliphatic carbocycles. The minimum absolute atomic E-state index is 0.0415. The van der Waals surface area contributed by atoms with Crippen molar-refractivity contribution < 1.29 is 29.6 Å². The maximum atomic E-state index is 15.1. The first kappa shape index (κ1) is 34.5. The second-order valence-corrected chi connectivity index (χ2v) is 17.5. The van der Waals surface area contributed by atoms with E-state index in [2.05, 4.69) is 43.0 Å². The maximum absolute atomic E-state index is 15.1. The Morgan fingerprint density at radius 3 is 2.56 bits per heavy atom. The monoisotopic (exact) mass is 697 g/mol. The molecule has 9 unspecified atom stereocenters. The number of allylic oxidation sites excluding steroid dienone is 4. The lowest BCUT2D eigenvalue weighted by atomic mass is 9.32. The zero-order valence-corrected chi connectivity index (χ0v) is 29.6. The van der Waals surface area contributed by atoms with Gasteiger partial charge >= 0.3 is 0 Å². The number of thiophene rings is 1. The normalized spacial score (nSPS) is 38.8. The van der Waals surface area contributed by atoms with E-state index in [9.17, 15) is 25.2 Å². The molecule has 2 aromatic rings. The van der Waals surface area contributed by atoms with Crippen molar-refractivity contribution in [1.29, 1.82) is 0 Å². The number of ketones is 1. The third-order valence-electron chi connectivity index (χ3n) is 13.8. The summed E-state index contributed by atoms with van der Waals surface area (Å²) in [7, 11) is 0. The Kier molecular flexibility index (Phi) is 8.92. The van der Waals surface area contributed by atoms with E-state index in [1.54, 1.807) is 23.5 Å². The molecule has 8 rings (SSSR count). The van der Waals surface area contributed by atoms with Crippen LogP contribution in [0.15, 0.2) is 59.5 Å². The smallest absolute Gasteiger partial charge is 0.164 e. The number of aliphatic hydroxyl groups excluding tert-OH is 3. The number of hydrogen-bond acceptors (Lipinski definition) is 7. The minimum atomic E-state index is -1.09. The summed E-state index contributed by atoms with van der Waals surface area (Å²) in [6, 6.07) is 8.63. The summed E-state index contributed by atoms with van der Waals surface area (Å²) >= 11 is 8.14. The van der Waals surface area contributed by atoms with Gasteiger partial charge in [-0.3, -0.25) is 9.69 Å². The average Bonchev–Trinajstić information content (AvgIpc) is 3.67. The number of halogens is 2. The Morgan fingerprint density at radius 2 is 1.83 bits per heavy atom. The van der Waals surface area contributed by atoms with E-state index in [-0.39, 0.29) is 53.2 Å². The number of hydrogen-bond donors (Lipinski definition) is 4. The third-order valence-corrected chi connectivity index (χ3v) is 15.1. The quantitative estimate of drug-likeness (QED) is 0.211. The average molecular weight is 698 g/mol. The maximum Gasteiger partial charge on any atom is 0.164 e. The lowest BCUT2D eigenvalue weighted by Gasteiger charge is -2.71. The zero-order valence-electron chi connectivity index (χ0n) is 28.0. The molecule has 4 N–H and O–H groups in total. The highest BCUT2D eigenvalue weighted by Crippen LogP contribution is 2.78. The molecule has 9 heteroatoms. The van der Waals surface area contributed by atoms with Gasteiger partial charge in [-0.2, -0.15) is 0 Å². The molecule has 0 radical (unpaired) electrons. The highest BCUT2D eigenvalue weighted by molar-refractivity contribution is 7.09. The Bertz CT molecular complexity index is 1590. The molecule has 6 nitrogen and oxygen atoms in total. The van der Waals surface area contributed by atoms with Gasteiger partial charge in [0.15, 0.2) is 5.78 Å². The van der Waals surface area contributed by atoms with E-state index in [1.807, 2.05) is 11.4 Å². The molecule has 9 atom stereocenters. The number of carbonyl (C=O) groups excluding carboxylic acids is 1. The Hall–Kier alpha value is -1.91. The topological polar surface area (TPSA) is 101 Å². The lowest BCUT2D eigenvalue weighted by Crippen LogP contribution is -2.67. The number of carbonyl (C=O) groups is 1. The summed E-state index contributed by atoms with van der Waals surface area (Å²) < 4.78 is 15.1. The van der Waals surface area contributed by atoms with Gasteiger partial charge in [0, 0.05) is 63.3 Å². The van der Waals surface area contributed by atoms with E-state index in [0.717, 1.165) is 38.5 Å². The molecular formula is C39H49ClFNO5S. The third kappa shape index (κ3) is 5.15. The van der Waals surface area contributed by atoms with Crippen molar-refractivity contribution in [1.82, 2.24) is 4.90 Å². The Balaban J connectivity index is 1.27. The highest BCUT2D eigenvalue weighted by atomic mass is 35.5. The van der Waals surface area contributed by atoms with Crippen LogP contribution in [-0.4, -0.2) is 75.2 Å². The fourth-order valence-corrected chi connectivity index (χ4v) is 12.2. The standard InChI is InChI=1S/C39H49ClFNO5S/c1-35-12-8-25(44)20-37(35)15-16-39(29(21-37)32(46)19-28-30(40)6-3-7-31(28)41)33(35)9-13-36(2)34(39)10-14-38(36,47)24-42(22-26(45)23-43)17-11-27-5-4-18-48-27/h3-7,15-16,18,21,25-26,33-34,43-45,47H,8-14,17,19-20,22-24H2,1-2H3. The van der Waals surface area contributed by atoms with Crippen molar-refractivity contribution in [2.75, 3.05) is 26.2 Å². The van der Waals surface area contributed by atoms with Gasteiger partial charge in [0.25, 0.3) is 0 Å². The first-order valence-corrected chi connectivity index (χ1v) is 18.9. The van der Waals surface area contributed by atoms with Crippen molar-refractivity contribution >= 4 is 28.7 Å². The summed E-state index contributed by atoms with van der Waals surface area (Å²) in [6.07, 6.45) is 11.0. The fraction of sp³-hybridized carbons (Fsp3) is 0.615. The van der Waals surface area contributed by atoms with Crippen molar-refractivity contribution in [2.45, 2.75) is 89.4 Å². The van der Waals surface area contributed by atoms with Crippen molar-refractivity contribution in [2.24, 2.45) is 33.5 Å². The van der Waals surface area contributed by atoms with Crippen molar-refractivity contribution in [3.63, 3.8) is 0 Å². The van der Waals surface area contributed by atoms with Gasteiger partial charge in [0.1, 0.15) is 5.82 Å². The molecule has 6 aliphatic rings. The lowest BCUT2D eigenvalue weighted by molar-refractivity contribution is -0.179. The van der Waals surface area contributed by atoms with Gasteiger partial charge in [0.05, 0.1) is 24.4 Å². The predicted molar refractivity (Wildman–Crippen MR) is 186 cm³/mol. The summed E-state index contributed by atoms with van der Waals surface area (Å²) in [4.78, 5) is 18.0. The van der Waals surface area contributed by atoms with Crippen LogP contribution in [0, 0.1) is 39.3 Å². The van der Waals surface area contributed by atoms with Crippen LogP contribution < -0.4 is 0 Å².